The number of carbonyl (C=O) groups is 7. The monoisotopic (exact) mass is 776 g/mol. The standard InChI is InChI=1S/C44H64N4O8/c1-43(2,3)56-42(55)46-37(29-16-12-9-13-17-29)41(54)48-26-31-24-44(4,5)25-32(31)38(48)34(50)23-30(22-27-18-19-27)39(52)33(49)20-21-35(51)45-36(40(53)47(6)7)28-14-10-8-11-15-28/h8,10-11,14-15,27,29-32,36-38H,9,12-13,16-26H2,1-7H3,(H,45,51)(H,46,55)/t30?,31?,32?,36-,37?,38?/m0/s1. The van der Waals surface area contributed by atoms with Crippen molar-refractivity contribution in [3.8, 4) is 0 Å². The highest BCUT2D eigenvalue weighted by atomic mass is 16.6. The molecule has 0 radical (unpaired) electrons. The molecule has 0 bridgehead atoms. The minimum atomic E-state index is -0.941. The van der Waals surface area contributed by atoms with Crippen molar-refractivity contribution in [2.75, 3.05) is 20.6 Å². The van der Waals surface area contributed by atoms with E-state index >= 15 is 0 Å². The highest BCUT2D eigenvalue weighted by Crippen LogP contribution is 2.52. The molecule has 5 rings (SSSR count). The summed E-state index contributed by atoms with van der Waals surface area (Å²) in [5.41, 5.74) is -0.168. The van der Waals surface area contributed by atoms with Crippen LogP contribution >= 0.6 is 0 Å². The smallest absolute Gasteiger partial charge is 0.408 e. The Morgan fingerprint density at radius 3 is 2.16 bits per heavy atom. The fourth-order valence-corrected chi connectivity index (χ4v) is 9.42. The minimum absolute atomic E-state index is 0.0169. The highest BCUT2D eigenvalue weighted by molar-refractivity contribution is 6.38. The van der Waals surface area contributed by atoms with Crippen molar-refractivity contribution < 1.29 is 38.3 Å². The SMILES string of the molecule is CN(C)C(=O)[C@@H](NC(=O)CCC(=O)C(=O)C(CC(=O)C1C2CC(C)(C)CC2CN1C(=O)C(NC(=O)OC(C)(C)C)C1CCCCC1)CC1CC1)c1ccccc1. The van der Waals surface area contributed by atoms with Crippen LogP contribution in [-0.4, -0.2) is 89.3 Å². The first-order valence-electron chi connectivity index (χ1n) is 20.8. The average Bonchev–Trinajstić information content (AvgIpc) is 3.82. The highest BCUT2D eigenvalue weighted by Gasteiger charge is 2.55. The van der Waals surface area contributed by atoms with Crippen LogP contribution in [0.1, 0.15) is 130 Å². The van der Waals surface area contributed by atoms with E-state index in [4.69, 9.17) is 4.74 Å². The van der Waals surface area contributed by atoms with E-state index in [-0.39, 0.29) is 65.9 Å². The molecule has 2 N–H and O–H groups in total. The molecule has 6 atom stereocenters. The number of likely N-dealkylation sites (tertiary alicyclic amines) is 1. The summed E-state index contributed by atoms with van der Waals surface area (Å²) >= 11 is 0. The van der Waals surface area contributed by atoms with E-state index in [0.717, 1.165) is 57.8 Å². The number of hydrogen-bond acceptors (Lipinski definition) is 8. The van der Waals surface area contributed by atoms with Crippen LogP contribution in [0.4, 0.5) is 4.79 Å². The van der Waals surface area contributed by atoms with E-state index in [2.05, 4.69) is 24.5 Å². The zero-order valence-corrected chi connectivity index (χ0v) is 34.6. The van der Waals surface area contributed by atoms with Crippen LogP contribution in [0.3, 0.4) is 0 Å². The molecule has 1 aliphatic heterocycles. The summed E-state index contributed by atoms with van der Waals surface area (Å²) in [6.07, 6.45) is 6.95. The molecule has 1 aromatic rings. The average molecular weight is 777 g/mol. The van der Waals surface area contributed by atoms with E-state index in [9.17, 15) is 33.6 Å². The van der Waals surface area contributed by atoms with Crippen LogP contribution in [0.25, 0.3) is 0 Å². The Balaban J connectivity index is 1.31. The Morgan fingerprint density at radius 2 is 1.55 bits per heavy atom. The van der Waals surface area contributed by atoms with Crippen molar-refractivity contribution in [2.45, 2.75) is 142 Å². The molecule has 3 aliphatic carbocycles. The lowest BCUT2D eigenvalue weighted by Crippen LogP contribution is -2.56. The maximum absolute atomic E-state index is 14.7. The third-order valence-electron chi connectivity index (χ3n) is 12.2. The number of amides is 4. The summed E-state index contributed by atoms with van der Waals surface area (Å²) in [6.45, 7) is 10.1. The lowest BCUT2D eigenvalue weighted by atomic mass is 9.81. The third kappa shape index (κ3) is 11.3. The molecular formula is C44H64N4O8. The molecule has 1 aromatic carbocycles. The van der Waals surface area contributed by atoms with E-state index < -0.39 is 53.2 Å². The third-order valence-corrected chi connectivity index (χ3v) is 12.2. The number of likely N-dealkylation sites (N-methyl/N-ethyl adjacent to an activating group) is 1. The summed E-state index contributed by atoms with van der Waals surface area (Å²) < 4.78 is 5.59. The summed E-state index contributed by atoms with van der Waals surface area (Å²) in [7, 11) is 3.19. The van der Waals surface area contributed by atoms with Crippen molar-refractivity contribution >= 4 is 41.2 Å². The molecule has 3 saturated carbocycles. The number of ketones is 3. The summed E-state index contributed by atoms with van der Waals surface area (Å²) in [5, 5.41) is 5.64. The van der Waals surface area contributed by atoms with Crippen molar-refractivity contribution in [2.24, 2.45) is 35.0 Å². The molecule has 4 amide bonds. The zero-order chi connectivity index (χ0) is 40.9. The Morgan fingerprint density at radius 1 is 0.893 bits per heavy atom. The molecule has 0 aromatic heterocycles. The molecule has 56 heavy (non-hydrogen) atoms. The minimum Gasteiger partial charge on any atom is -0.444 e. The van der Waals surface area contributed by atoms with Crippen molar-refractivity contribution in [1.29, 1.82) is 0 Å². The fourth-order valence-electron chi connectivity index (χ4n) is 9.42. The van der Waals surface area contributed by atoms with Gasteiger partial charge in [0, 0.05) is 45.8 Å². The van der Waals surface area contributed by atoms with Crippen molar-refractivity contribution in [1.82, 2.24) is 20.4 Å². The van der Waals surface area contributed by atoms with Crippen LogP contribution in [-0.2, 0) is 33.5 Å². The van der Waals surface area contributed by atoms with Gasteiger partial charge in [-0.05, 0) is 87.5 Å². The van der Waals surface area contributed by atoms with E-state index in [0.29, 0.717) is 18.5 Å². The lowest BCUT2D eigenvalue weighted by Gasteiger charge is -2.36. The van der Waals surface area contributed by atoms with Crippen LogP contribution in [0.5, 0.6) is 0 Å². The summed E-state index contributed by atoms with van der Waals surface area (Å²) in [6, 6.07) is 6.28. The predicted molar refractivity (Wildman–Crippen MR) is 211 cm³/mol. The summed E-state index contributed by atoms with van der Waals surface area (Å²) in [4.78, 5) is 98.8. The molecule has 4 fully saturated rings. The largest absolute Gasteiger partial charge is 0.444 e. The Labute approximate surface area is 332 Å². The number of Topliss-reactive ketones (excluding diaryl/α,β-unsaturated/α-hetero) is 3. The second-order valence-electron chi connectivity index (χ2n) is 18.9. The van der Waals surface area contributed by atoms with Gasteiger partial charge in [0.15, 0.2) is 11.6 Å². The van der Waals surface area contributed by atoms with Crippen LogP contribution in [0.2, 0.25) is 0 Å². The number of nitrogens with one attached hydrogen (secondary N) is 2. The fraction of sp³-hybridized carbons (Fsp3) is 0.705. The first kappa shape index (κ1) is 43.0. The van der Waals surface area contributed by atoms with Gasteiger partial charge in [-0.2, -0.15) is 0 Å². The van der Waals surface area contributed by atoms with E-state index in [1.54, 1.807) is 64.0 Å². The molecule has 308 valence electrons. The van der Waals surface area contributed by atoms with Gasteiger partial charge in [0.1, 0.15) is 17.7 Å². The number of nitrogens with zero attached hydrogens (tertiary/aromatic N) is 2. The van der Waals surface area contributed by atoms with Crippen molar-refractivity contribution in [3.63, 3.8) is 0 Å². The zero-order valence-electron chi connectivity index (χ0n) is 34.6. The maximum Gasteiger partial charge on any atom is 0.408 e. The number of hydrogen-bond donors (Lipinski definition) is 2. The van der Waals surface area contributed by atoms with Gasteiger partial charge in [-0.25, -0.2) is 4.79 Å². The summed E-state index contributed by atoms with van der Waals surface area (Å²) in [5.74, 6) is -3.41. The normalized spacial score (nSPS) is 23.6. The van der Waals surface area contributed by atoms with Gasteiger partial charge in [-0.3, -0.25) is 28.8 Å². The molecule has 4 aliphatic rings. The van der Waals surface area contributed by atoms with Gasteiger partial charge in [0.05, 0.1) is 6.04 Å². The number of alkyl carbamates (subject to hydrolysis) is 1. The van der Waals surface area contributed by atoms with E-state index in [1.807, 2.05) is 6.07 Å². The number of benzene rings is 1. The number of carbonyl (C=O) groups excluding carboxylic acids is 7. The molecule has 5 unspecified atom stereocenters. The molecule has 12 nitrogen and oxygen atoms in total. The molecule has 1 heterocycles. The van der Waals surface area contributed by atoms with Gasteiger partial charge in [0.2, 0.25) is 23.5 Å². The van der Waals surface area contributed by atoms with Gasteiger partial charge in [0.25, 0.3) is 0 Å². The van der Waals surface area contributed by atoms with E-state index in [1.165, 1.54) is 4.90 Å². The Kier molecular flexibility index (Phi) is 13.8. The molecule has 12 heteroatoms. The van der Waals surface area contributed by atoms with Crippen LogP contribution < -0.4 is 10.6 Å². The second kappa shape index (κ2) is 18.0. The van der Waals surface area contributed by atoms with Gasteiger partial charge in [-0.15, -0.1) is 0 Å². The molecule has 0 spiro atoms. The van der Waals surface area contributed by atoms with Gasteiger partial charge >= 0.3 is 6.09 Å². The first-order chi connectivity index (χ1) is 26.3. The first-order valence-corrected chi connectivity index (χ1v) is 20.8. The second-order valence-corrected chi connectivity index (χ2v) is 18.9. The Bertz CT molecular complexity index is 1620. The van der Waals surface area contributed by atoms with Crippen LogP contribution in [0.15, 0.2) is 30.3 Å². The van der Waals surface area contributed by atoms with Crippen molar-refractivity contribution in [3.05, 3.63) is 35.9 Å². The quantitative estimate of drug-likeness (QED) is 0.195. The number of ether oxygens (including phenoxy) is 1. The molecule has 1 saturated heterocycles. The number of rotatable bonds is 16. The lowest BCUT2D eigenvalue weighted by molar-refractivity contribution is -0.144. The van der Waals surface area contributed by atoms with Gasteiger partial charge < -0.3 is 25.2 Å². The molecular weight excluding hydrogens is 713 g/mol. The predicted octanol–water partition coefficient (Wildman–Crippen LogP) is 5.96. The van der Waals surface area contributed by atoms with Crippen LogP contribution in [0, 0.1) is 35.0 Å². The Hall–Kier alpha value is -4.09. The topological polar surface area (TPSA) is 159 Å². The maximum atomic E-state index is 14.7. The number of fused-ring (bicyclic) bond motifs is 1. The van der Waals surface area contributed by atoms with Gasteiger partial charge in [-0.1, -0.05) is 76.3 Å².